The van der Waals surface area contributed by atoms with E-state index in [2.05, 4.69) is 5.32 Å². The van der Waals surface area contributed by atoms with E-state index in [1.807, 2.05) is 0 Å². The zero-order valence-corrected chi connectivity index (χ0v) is 13.4. The van der Waals surface area contributed by atoms with Crippen LogP contribution in [0.5, 0.6) is 0 Å². The van der Waals surface area contributed by atoms with Gasteiger partial charge in [-0.3, -0.25) is 4.79 Å². The Kier molecular flexibility index (Phi) is 5.46. The van der Waals surface area contributed by atoms with Gasteiger partial charge in [0.15, 0.2) is 0 Å². The van der Waals surface area contributed by atoms with Gasteiger partial charge in [0.05, 0.1) is 11.4 Å². The number of halogens is 1. The van der Waals surface area contributed by atoms with Crippen molar-refractivity contribution in [1.29, 1.82) is 0 Å². The third-order valence-electron chi connectivity index (χ3n) is 3.16. The molecule has 0 saturated carbocycles. The number of nitrogens with one attached hydrogen (secondary N) is 1. The summed E-state index contributed by atoms with van der Waals surface area (Å²) in [5.74, 6) is -1.01. The number of benzene rings is 2. The number of carbonyl (C=O) groups excluding carboxylic acids is 1. The Balaban J connectivity index is 2.11. The zero-order valence-electron chi connectivity index (χ0n) is 12.6. The maximum absolute atomic E-state index is 13.1. The molecular weight excluding hydrogens is 319 g/mol. The van der Waals surface area contributed by atoms with Gasteiger partial charge < -0.3 is 5.32 Å². The van der Waals surface area contributed by atoms with Gasteiger partial charge in [-0.15, -0.1) is 0 Å². The second-order valence-corrected chi connectivity index (χ2v) is 6.74. The third-order valence-corrected chi connectivity index (χ3v) is 5.10. The molecule has 0 bridgehead atoms. The minimum absolute atomic E-state index is 0.125. The Morgan fingerprint density at radius 1 is 1.13 bits per heavy atom. The first-order valence-corrected chi connectivity index (χ1v) is 8.48. The second kappa shape index (κ2) is 7.34. The van der Waals surface area contributed by atoms with Crippen molar-refractivity contribution in [2.24, 2.45) is 0 Å². The standard InChI is InChI=1S/C16H17FN2O3S/c1-2-19(23(21,22)15-9-4-3-5-10-15)12-16(20)18-14-8-6-7-13(17)11-14/h3-11H,2,12H2,1H3,(H,18,20). The van der Waals surface area contributed by atoms with Gasteiger partial charge in [-0.05, 0) is 30.3 Å². The molecule has 2 rings (SSSR count). The van der Waals surface area contributed by atoms with Crippen molar-refractivity contribution < 1.29 is 17.6 Å². The summed E-state index contributed by atoms with van der Waals surface area (Å²) in [7, 11) is -3.75. The first kappa shape index (κ1) is 17.1. The summed E-state index contributed by atoms with van der Waals surface area (Å²) in [6, 6.07) is 13.3. The molecule has 0 fully saturated rings. The highest BCUT2D eigenvalue weighted by molar-refractivity contribution is 7.89. The van der Waals surface area contributed by atoms with Crippen LogP contribution < -0.4 is 5.32 Å². The van der Waals surface area contributed by atoms with E-state index in [1.165, 1.54) is 36.4 Å². The highest BCUT2D eigenvalue weighted by Gasteiger charge is 2.24. The van der Waals surface area contributed by atoms with Crippen LogP contribution in [0.4, 0.5) is 10.1 Å². The van der Waals surface area contributed by atoms with Crippen molar-refractivity contribution in [2.45, 2.75) is 11.8 Å². The predicted octanol–water partition coefficient (Wildman–Crippen LogP) is 2.48. The van der Waals surface area contributed by atoms with Gasteiger partial charge in [-0.2, -0.15) is 4.31 Å². The molecule has 0 atom stereocenters. The molecule has 5 nitrogen and oxygen atoms in total. The van der Waals surface area contributed by atoms with Crippen molar-refractivity contribution in [3.63, 3.8) is 0 Å². The summed E-state index contributed by atoms with van der Waals surface area (Å²) in [6.07, 6.45) is 0. The van der Waals surface area contributed by atoms with Crippen LogP contribution in [0.25, 0.3) is 0 Å². The Bertz CT molecular complexity index is 779. The summed E-state index contributed by atoms with van der Waals surface area (Å²) in [4.78, 5) is 12.2. The van der Waals surface area contributed by atoms with Crippen LogP contribution in [0.15, 0.2) is 59.5 Å². The van der Waals surface area contributed by atoms with E-state index >= 15 is 0 Å². The number of carbonyl (C=O) groups is 1. The number of amides is 1. The van der Waals surface area contributed by atoms with E-state index in [0.717, 1.165) is 4.31 Å². The molecule has 2 aromatic carbocycles. The molecule has 0 heterocycles. The lowest BCUT2D eigenvalue weighted by atomic mass is 10.3. The van der Waals surface area contributed by atoms with Gasteiger partial charge in [0.1, 0.15) is 5.82 Å². The molecular formula is C16H17FN2O3S. The second-order valence-electron chi connectivity index (χ2n) is 4.80. The minimum atomic E-state index is -3.75. The van der Waals surface area contributed by atoms with Crippen LogP contribution in [-0.2, 0) is 14.8 Å². The Hall–Kier alpha value is -2.25. The number of hydrogen-bond donors (Lipinski definition) is 1. The lowest BCUT2D eigenvalue weighted by Crippen LogP contribution is -2.37. The van der Waals surface area contributed by atoms with E-state index in [0.29, 0.717) is 0 Å². The van der Waals surface area contributed by atoms with E-state index in [-0.39, 0.29) is 23.7 Å². The molecule has 1 N–H and O–H groups in total. The van der Waals surface area contributed by atoms with Crippen LogP contribution in [-0.4, -0.2) is 31.7 Å². The van der Waals surface area contributed by atoms with Crippen LogP contribution in [0, 0.1) is 5.82 Å². The average Bonchev–Trinajstić information content (AvgIpc) is 2.53. The monoisotopic (exact) mass is 336 g/mol. The van der Waals surface area contributed by atoms with Crippen LogP contribution in [0.1, 0.15) is 6.92 Å². The Morgan fingerprint density at radius 3 is 2.43 bits per heavy atom. The molecule has 1 amide bonds. The van der Waals surface area contributed by atoms with Crippen LogP contribution >= 0.6 is 0 Å². The molecule has 0 saturated heterocycles. The molecule has 0 aromatic heterocycles. The number of anilines is 1. The van der Waals surface area contributed by atoms with Crippen LogP contribution in [0.2, 0.25) is 0 Å². The fourth-order valence-electron chi connectivity index (χ4n) is 2.04. The van der Waals surface area contributed by atoms with Crippen molar-refractivity contribution in [3.8, 4) is 0 Å². The number of hydrogen-bond acceptors (Lipinski definition) is 3. The predicted molar refractivity (Wildman–Crippen MR) is 85.9 cm³/mol. The SMILES string of the molecule is CCN(CC(=O)Nc1cccc(F)c1)S(=O)(=O)c1ccccc1. The first-order chi connectivity index (χ1) is 10.9. The van der Waals surface area contributed by atoms with E-state index in [9.17, 15) is 17.6 Å². The van der Waals surface area contributed by atoms with Crippen LogP contribution in [0.3, 0.4) is 0 Å². The lowest BCUT2D eigenvalue weighted by molar-refractivity contribution is -0.116. The molecule has 2 aromatic rings. The number of nitrogens with zero attached hydrogens (tertiary/aromatic N) is 1. The number of rotatable bonds is 6. The minimum Gasteiger partial charge on any atom is -0.325 e. The third kappa shape index (κ3) is 4.37. The van der Waals surface area contributed by atoms with Gasteiger partial charge in [-0.25, -0.2) is 12.8 Å². The smallest absolute Gasteiger partial charge is 0.243 e. The fraction of sp³-hybridized carbons (Fsp3) is 0.188. The maximum Gasteiger partial charge on any atom is 0.243 e. The molecule has 0 spiro atoms. The number of likely N-dealkylation sites (N-methyl/N-ethyl adjacent to an activating group) is 1. The molecule has 0 radical (unpaired) electrons. The van der Waals surface area contributed by atoms with Crippen molar-refractivity contribution in [3.05, 3.63) is 60.4 Å². The molecule has 122 valence electrons. The summed E-state index contributed by atoms with van der Waals surface area (Å²) < 4.78 is 39.1. The molecule has 0 unspecified atom stereocenters. The Labute approximate surface area is 134 Å². The highest BCUT2D eigenvalue weighted by Crippen LogP contribution is 2.15. The quantitative estimate of drug-likeness (QED) is 0.881. The summed E-state index contributed by atoms with van der Waals surface area (Å²) >= 11 is 0. The van der Waals surface area contributed by atoms with Crippen molar-refractivity contribution in [1.82, 2.24) is 4.31 Å². The molecule has 7 heteroatoms. The largest absolute Gasteiger partial charge is 0.325 e. The van der Waals surface area contributed by atoms with E-state index in [4.69, 9.17) is 0 Å². The Morgan fingerprint density at radius 2 is 1.83 bits per heavy atom. The van der Waals surface area contributed by atoms with Crippen molar-refractivity contribution >= 4 is 21.6 Å². The van der Waals surface area contributed by atoms with E-state index in [1.54, 1.807) is 25.1 Å². The lowest BCUT2D eigenvalue weighted by Gasteiger charge is -2.20. The normalized spacial score (nSPS) is 11.4. The average molecular weight is 336 g/mol. The zero-order chi connectivity index (χ0) is 16.9. The van der Waals surface area contributed by atoms with Crippen molar-refractivity contribution in [2.75, 3.05) is 18.4 Å². The van der Waals surface area contributed by atoms with Gasteiger partial charge >= 0.3 is 0 Å². The fourth-order valence-corrected chi connectivity index (χ4v) is 3.46. The maximum atomic E-state index is 13.1. The van der Waals surface area contributed by atoms with E-state index < -0.39 is 21.7 Å². The van der Waals surface area contributed by atoms with Gasteiger partial charge in [0, 0.05) is 12.2 Å². The van der Waals surface area contributed by atoms with Gasteiger partial charge in [0.2, 0.25) is 15.9 Å². The first-order valence-electron chi connectivity index (χ1n) is 7.04. The molecule has 0 aliphatic rings. The molecule has 23 heavy (non-hydrogen) atoms. The summed E-state index contributed by atoms with van der Waals surface area (Å²) in [5, 5.41) is 2.49. The van der Waals surface area contributed by atoms with Gasteiger partial charge in [-0.1, -0.05) is 31.2 Å². The molecule has 0 aliphatic heterocycles. The highest BCUT2D eigenvalue weighted by atomic mass is 32.2. The van der Waals surface area contributed by atoms with Gasteiger partial charge in [0.25, 0.3) is 0 Å². The topological polar surface area (TPSA) is 66.5 Å². The molecule has 0 aliphatic carbocycles. The number of sulfonamides is 1. The summed E-state index contributed by atoms with van der Waals surface area (Å²) in [6.45, 7) is 1.45. The summed E-state index contributed by atoms with van der Waals surface area (Å²) in [5.41, 5.74) is 0.281.